The minimum atomic E-state index is -1.03. The highest BCUT2D eigenvalue weighted by Gasteiger charge is 2.20. The van der Waals surface area contributed by atoms with Crippen LogP contribution in [0.3, 0.4) is 0 Å². The molecule has 13 heavy (non-hydrogen) atoms. The normalized spacial score (nSPS) is 11.8. The van der Waals surface area contributed by atoms with Gasteiger partial charge in [-0.3, -0.25) is 0 Å². The predicted octanol–water partition coefficient (Wildman–Crippen LogP) is 3.01. The van der Waals surface area contributed by atoms with E-state index in [1.54, 1.807) is 26.8 Å². The second kappa shape index (κ2) is 3.28. The van der Waals surface area contributed by atoms with Crippen LogP contribution in [0.1, 0.15) is 25.0 Å². The summed E-state index contributed by atoms with van der Waals surface area (Å²) in [6, 6.07) is 2.79. The molecule has 0 spiro atoms. The summed E-state index contributed by atoms with van der Waals surface area (Å²) < 4.78 is 13.0. The van der Waals surface area contributed by atoms with Crippen molar-refractivity contribution in [3.05, 3.63) is 34.1 Å². The number of halogens is 2. The summed E-state index contributed by atoms with van der Waals surface area (Å²) in [5.74, 6) is -0.349. The van der Waals surface area contributed by atoms with E-state index in [0.717, 1.165) is 0 Å². The van der Waals surface area contributed by atoms with Crippen molar-refractivity contribution >= 4 is 11.6 Å². The van der Waals surface area contributed by atoms with E-state index in [1.807, 2.05) is 0 Å². The number of hydrogen-bond acceptors (Lipinski definition) is 1. The van der Waals surface area contributed by atoms with E-state index < -0.39 is 5.60 Å². The maximum absolute atomic E-state index is 13.0. The Morgan fingerprint density at radius 3 is 2.38 bits per heavy atom. The highest BCUT2D eigenvalue weighted by Crippen LogP contribution is 2.29. The van der Waals surface area contributed by atoms with Crippen LogP contribution >= 0.6 is 11.6 Å². The first-order valence-electron chi connectivity index (χ1n) is 4.01. The van der Waals surface area contributed by atoms with Crippen molar-refractivity contribution in [2.24, 2.45) is 0 Å². The molecule has 1 aromatic rings. The van der Waals surface area contributed by atoms with Gasteiger partial charge in [-0.2, -0.15) is 0 Å². The summed E-state index contributed by atoms with van der Waals surface area (Å²) in [6.45, 7) is 4.87. The van der Waals surface area contributed by atoms with Gasteiger partial charge >= 0.3 is 0 Å². The molecule has 72 valence electrons. The molecule has 0 aliphatic rings. The van der Waals surface area contributed by atoms with E-state index in [-0.39, 0.29) is 10.8 Å². The summed E-state index contributed by atoms with van der Waals surface area (Å²) in [5, 5.41) is 9.94. The third-order valence-electron chi connectivity index (χ3n) is 1.91. The summed E-state index contributed by atoms with van der Waals surface area (Å²) in [7, 11) is 0. The molecular formula is C10H12ClFO. The first kappa shape index (κ1) is 10.5. The van der Waals surface area contributed by atoms with Crippen LogP contribution < -0.4 is 0 Å². The maximum Gasteiger partial charge on any atom is 0.127 e. The fourth-order valence-corrected chi connectivity index (χ4v) is 1.51. The summed E-state index contributed by atoms with van der Waals surface area (Å²) in [4.78, 5) is 0. The average molecular weight is 203 g/mol. The largest absolute Gasteiger partial charge is 0.386 e. The van der Waals surface area contributed by atoms with E-state index >= 15 is 0 Å². The van der Waals surface area contributed by atoms with E-state index in [1.165, 1.54) is 6.07 Å². The molecule has 0 aliphatic heterocycles. The van der Waals surface area contributed by atoms with E-state index in [4.69, 9.17) is 11.6 Å². The van der Waals surface area contributed by atoms with Crippen molar-refractivity contribution in [3.8, 4) is 0 Å². The lowest BCUT2D eigenvalue weighted by Gasteiger charge is -2.19. The lowest BCUT2D eigenvalue weighted by atomic mass is 9.96. The van der Waals surface area contributed by atoms with Crippen LogP contribution in [0.2, 0.25) is 5.02 Å². The highest BCUT2D eigenvalue weighted by atomic mass is 35.5. The molecule has 0 aromatic heterocycles. The molecule has 0 aliphatic carbocycles. The van der Waals surface area contributed by atoms with Crippen LogP contribution in [-0.4, -0.2) is 5.11 Å². The van der Waals surface area contributed by atoms with Gasteiger partial charge in [0, 0.05) is 10.6 Å². The second-order valence-corrected chi connectivity index (χ2v) is 4.05. The van der Waals surface area contributed by atoms with Gasteiger partial charge in [0.1, 0.15) is 5.82 Å². The van der Waals surface area contributed by atoms with Crippen molar-refractivity contribution in [2.45, 2.75) is 26.4 Å². The maximum atomic E-state index is 13.0. The Balaban J connectivity index is 3.32. The van der Waals surface area contributed by atoms with Crippen molar-refractivity contribution in [3.63, 3.8) is 0 Å². The first-order valence-corrected chi connectivity index (χ1v) is 4.38. The van der Waals surface area contributed by atoms with E-state index in [0.29, 0.717) is 11.1 Å². The molecule has 0 unspecified atom stereocenters. The predicted molar refractivity (Wildman–Crippen MR) is 51.4 cm³/mol. The summed E-state index contributed by atoms with van der Waals surface area (Å²) >= 11 is 5.79. The van der Waals surface area contributed by atoms with Crippen LogP contribution in [0.15, 0.2) is 12.1 Å². The second-order valence-electron chi connectivity index (χ2n) is 3.64. The average Bonchev–Trinajstić information content (AvgIpc) is 1.94. The van der Waals surface area contributed by atoms with Gasteiger partial charge in [-0.05, 0) is 38.5 Å². The van der Waals surface area contributed by atoms with Gasteiger partial charge in [-0.25, -0.2) is 4.39 Å². The molecule has 0 amide bonds. The molecule has 1 rings (SSSR count). The summed E-state index contributed by atoms with van der Waals surface area (Å²) in [5.41, 5.74) is 0.00446. The molecule has 0 atom stereocenters. The lowest BCUT2D eigenvalue weighted by molar-refractivity contribution is 0.0786. The van der Waals surface area contributed by atoms with Gasteiger partial charge in [0.25, 0.3) is 0 Å². The van der Waals surface area contributed by atoms with Crippen molar-refractivity contribution < 1.29 is 9.50 Å². The molecule has 3 heteroatoms. The van der Waals surface area contributed by atoms with Crippen molar-refractivity contribution in [2.75, 3.05) is 0 Å². The minimum Gasteiger partial charge on any atom is -0.386 e. The zero-order valence-electron chi connectivity index (χ0n) is 7.86. The minimum absolute atomic E-state index is 0.260. The Morgan fingerprint density at radius 1 is 1.38 bits per heavy atom. The van der Waals surface area contributed by atoms with Crippen LogP contribution in [0.5, 0.6) is 0 Å². The monoisotopic (exact) mass is 202 g/mol. The number of aryl methyl sites for hydroxylation is 1. The smallest absolute Gasteiger partial charge is 0.127 e. The molecule has 0 fully saturated rings. The van der Waals surface area contributed by atoms with Gasteiger partial charge < -0.3 is 5.11 Å². The standard InChI is InChI=1S/C10H12ClFO/c1-6-4-7(10(2,3)13)8(11)5-9(6)12/h4-5,13H,1-3H3. The fourth-order valence-electron chi connectivity index (χ4n) is 1.13. The van der Waals surface area contributed by atoms with Crippen LogP contribution in [0.4, 0.5) is 4.39 Å². The summed E-state index contributed by atoms with van der Waals surface area (Å²) in [6.07, 6.45) is 0. The zero-order valence-corrected chi connectivity index (χ0v) is 8.61. The van der Waals surface area contributed by atoms with Gasteiger partial charge in [0.2, 0.25) is 0 Å². The highest BCUT2D eigenvalue weighted by molar-refractivity contribution is 6.31. The van der Waals surface area contributed by atoms with Crippen LogP contribution in [-0.2, 0) is 5.60 Å². The molecule has 0 bridgehead atoms. The lowest BCUT2D eigenvalue weighted by Crippen LogP contribution is -2.16. The van der Waals surface area contributed by atoms with E-state index in [9.17, 15) is 9.50 Å². The van der Waals surface area contributed by atoms with Crippen LogP contribution in [0.25, 0.3) is 0 Å². The molecule has 1 aromatic carbocycles. The van der Waals surface area contributed by atoms with Gasteiger partial charge in [0.05, 0.1) is 5.60 Å². The Bertz CT molecular complexity index is 328. The van der Waals surface area contributed by atoms with Crippen molar-refractivity contribution in [1.29, 1.82) is 0 Å². The Labute approximate surface area is 82.2 Å². The molecule has 1 N–H and O–H groups in total. The third kappa shape index (κ3) is 2.20. The SMILES string of the molecule is Cc1cc(C(C)(C)O)c(Cl)cc1F. The number of aliphatic hydroxyl groups is 1. The third-order valence-corrected chi connectivity index (χ3v) is 2.22. The molecule has 0 radical (unpaired) electrons. The molecule has 0 saturated carbocycles. The number of hydrogen-bond donors (Lipinski definition) is 1. The van der Waals surface area contributed by atoms with Gasteiger partial charge in [-0.1, -0.05) is 11.6 Å². The number of benzene rings is 1. The Morgan fingerprint density at radius 2 is 1.92 bits per heavy atom. The fraction of sp³-hybridized carbons (Fsp3) is 0.400. The molecular weight excluding hydrogens is 191 g/mol. The molecule has 0 heterocycles. The topological polar surface area (TPSA) is 20.2 Å². The van der Waals surface area contributed by atoms with Gasteiger partial charge in [-0.15, -0.1) is 0 Å². The zero-order chi connectivity index (χ0) is 10.2. The van der Waals surface area contributed by atoms with Crippen molar-refractivity contribution in [1.82, 2.24) is 0 Å². The Kier molecular flexibility index (Phi) is 2.64. The first-order chi connectivity index (χ1) is 5.82. The quantitative estimate of drug-likeness (QED) is 0.742. The van der Waals surface area contributed by atoms with Gasteiger partial charge in [0.15, 0.2) is 0 Å². The van der Waals surface area contributed by atoms with Crippen LogP contribution in [0, 0.1) is 12.7 Å². The number of rotatable bonds is 1. The van der Waals surface area contributed by atoms with E-state index in [2.05, 4.69) is 0 Å². The molecule has 1 nitrogen and oxygen atoms in total. The Hall–Kier alpha value is -0.600. The molecule has 0 saturated heterocycles.